The van der Waals surface area contributed by atoms with Crippen molar-refractivity contribution in [3.8, 4) is 0 Å². The van der Waals surface area contributed by atoms with Gasteiger partial charge in [0.25, 0.3) is 11.2 Å². The minimum atomic E-state index is -5.15. The molecule has 0 saturated heterocycles. The van der Waals surface area contributed by atoms with E-state index in [0.717, 1.165) is 19.2 Å². The van der Waals surface area contributed by atoms with Crippen LogP contribution in [0.1, 0.15) is 24.0 Å². The molecule has 3 unspecified atom stereocenters. The Morgan fingerprint density at radius 3 is 1.65 bits per heavy atom. The molecule has 5 rings (SSSR count). The van der Waals surface area contributed by atoms with Gasteiger partial charge in [-0.25, -0.2) is 9.59 Å². The number of hydrogen-bond donors (Lipinski definition) is 5. The number of cyclic esters (lactones) is 2. The highest BCUT2D eigenvalue weighted by Crippen LogP contribution is 2.53. The van der Waals surface area contributed by atoms with E-state index in [2.05, 4.69) is 24.8 Å². The summed E-state index contributed by atoms with van der Waals surface area (Å²) in [7, 11) is 0.859. The molecule has 5 atom stereocenters. The van der Waals surface area contributed by atoms with Gasteiger partial charge in [0, 0.05) is 28.3 Å². The van der Waals surface area contributed by atoms with Crippen molar-refractivity contribution in [1.82, 2.24) is 0 Å². The molecule has 236 valence electrons. The molecule has 1 saturated carbocycles. The van der Waals surface area contributed by atoms with Crippen LogP contribution in [0.5, 0.6) is 0 Å². The molecule has 2 aromatic rings. The molecule has 1 fully saturated rings. The zero-order valence-electron chi connectivity index (χ0n) is 21.6. The third-order valence-corrected chi connectivity index (χ3v) is 7.47. The summed E-state index contributed by atoms with van der Waals surface area (Å²) in [5.41, 5.74) is -8.14. The van der Waals surface area contributed by atoms with Crippen LogP contribution in [-0.2, 0) is 25.4 Å². The van der Waals surface area contributed by atoms with Gasteiger partial charge >= 0.3 is 24.5 Å². The van der Waals surface area contributed by atoms with Gasteiger partial charge in [0.05, 0.1) is 17.5 Å². The first-order valence-electron chi connectivity index (χ1n) is 12.2. The molecule has 0 radical (unpaired) electrons. The Morgan fingerprint density at radius 1 is 0.837 bits per heavy atom. The Hall–Kier alpha value is -3.02. The Balaban J connectivity index is 0.000000199. The van der Waals surface area contributed by atoms with E-state index in [-0.39, 0.29) is 21.4 Å². The predicted molar refractivity (Wildman–Crippen MR) is 136 cm³/mol. The van der Waals surface area contributed by atoms with Crippen molar-refractivity contribution in [2.45, 2.75) is 54.9 Å². The van der Waals surface area contributed by atoms with Gasteiger partial charge < -0.3 is 29.5 Å². The van der Waals surface area contributed by atoms with Crippen molar-refractivity contribution in [1.29, 1.82) is 0 Å². The largest absolute Gasteiger partial charge is 0.438 e. The van der Waals surface area contributed by atoms with E-state index in [4.69, 9.17) is 23.2 Å². The number of alkyl halides is 6. The Bertz CT molecular complexity index is 1410. The summed E-state index contributed by atoms with van der Waals surface area (Å²) in [6, 6.07) is 6.89. The summed E-state index contributed by atoms with van der Waals surface area (Å²) in [5.74, 6) is -0.458. The summed E-state index contributed by atoms with van der Waals surface area (Å²) in [6.07, 6.45) is -18.5. The Kier molecular flexibility index (Phi) is 8.78. The van der Waals surface area contributed by atoms with E-state index < -0.39 is 71.3 Å². The van der Waals surface area contributed by atoms with Crippen LogP contribution in [0.25, 0.3) is 0 Å². The molecule has 0 spiro atoms. The van der Waals surface area contributed by atoms with E-state index in [9.17, 15) is 51.3 Å². The van der Waals surface area contributed by atoms with Crippen molar-refractivity contribution in [3.05, 3.63) is 57.6 Å². The van der Waals surface area contributed by atoms with E-state index in [1.54, 1.807) is 0 Å². The maximum atomic E-state index is 13.9. The highest BCUT2D eigenvalue weighted by atomic mass is 35.5. The van der Waals surface area contributed by atoms with Crippen LogP contribution in [-0.4, -0.2) is 65.5 Å². The standard InChI is InChI=1S/C14H13ClF3NO4.C11H9ClF3NO4/c15-7-3-4-9-8(5-7)13(14(16,17)18,23-12(22)19-9)11(21)10(20)6-1-2-6;1-19-8(17)10(11(13,14)15)6-4-5(12)2-3-7(6)16-9(18)20-10/h3-6,10-11,20-21H,1-2H2,(H,19,22);2-4,8,17H,1H3,(H,16,18)/t10?,11?,13-;8?,10-/m11/s1. The first-order valence-corrected chi connectivity index (χ1v) is 12.9. The smallest absolute Gasteiger partial charge is 0.425 e. The fourth-order valence-corrected chi connectivity index (χ4v) is 5.12. The lowest BCUT2D eigenvalue weighted by molar-refractivity contribution is -0.336. The van der Waals surface area contributed by atoms with Gasteiger partial charge in [-0.05, 0) is 55.2 Å². The number of fused-ring (bicyclic) bond motifs is 2. The van der Waals surface area contributed by atoms with Crippen molar-refractivity contribution in [3.63, 3.8) is 0 Å². The Labute approximate surface area is 248 Å². The monoisotopic (exact) mass is 662 g/mol. The molecule has 2 heterocycles. The van der Waals surface area contributed by atoms with Crippen molar-refractivity contribution < 1.29 is 65.5 Å². The topological polar surface area (TPSA) is 147 Å². The summed E-state index contributed by atoms with van der Waals surface area (Å²) in [4.78, 5) is 23.0. The number of methoxy groups -OCH3 is 1. The average molecular weight is 663 g/mol. The molecule has 18 heteroatoms. The molecule has 1 aliphatic carbocycles. The van der Waals surface area contributed by atoms with Crippen LogP contribution in [0.15, 0.2) is 36.4 Å². The summed E-state index contributed by atoms with van der Waals surface area (Å²) in [6.45, 7) is 0. The average Bonchev–Trinajstić information content (AvgIpc) is 3.76. The molecule has 2 amide bonds. The lowest BCUT2D eigenvalue weighted by Crippen LogP contribution is -2.61. The number of halogens is 8. The van der Waals surface area contributed by atoms with Gasteiger partial charge in [-0.15, -0.1) is 0 Å². The lowest BCUT2D eigenvalue weighted by Gasteiger charge is -2.43. The number of nitrogens with one attached hydrogen (secondary N) is 2. The van der Waals surface area contributed by atoms with Gasteiger partial charge in [-0.3, -0.25) is 10.6 Å². The van der Waals surface area contributed by atoms with Gasteiger partial charge in [-0.2, -0.15) is 26.3 Å². The van der Waals surface area contributed by atoms with Gasteiger partial charge in [-0.1, -0.05) is 23.2 Å². The molecule has 2 aliphatic heterocycles. The number of aliphatic hydroxyl groups excluding tert-OH is 3. The van der Waals surface area contributed by atoms with Crippen LogP contribution < -0.4 is 10.6 Å². The van der Waals surface area contributed by atoms with E-state index in [1.165, 1.54) is 24.3 Å². The summed E-state index contributed by atoms with van der Waals surface area (Å²) < 4.78 is 95.1. The number of benzene rings is 2. The van der Waals surface area contributed by atoms with Gasteiger partial charge in [0.1, 0.15) is 6.10 Å². The molecule has 5 N–H and O–H groups in total. The SMILES string of the molecule is COC(O)[C@]1(C(F)(F)F)OC(=O)Nc2ccc(Cl)cc21.O=C1Nc2ccc(Cl)cc2[C@@](C(O)C(O)C2CC2)(C(F)(F)F)O1. The van der Waals surface area contributed by atoms with E-state index >= 15 is 0 Å². The zero-order chi connectivity index (χ0) is 32.1. The fraction of sp³-hybridized carbons (Fsp3) is 0.440. The number of ether oxygens (including phenoxy) is 3. The van der Waals surface area contributed by atoms with Crippen LogP contribution >= 0.6 is 23.2 Å². The number of anilines is 2. The van der Waals surface area contributed by atoms with Crippen molar-refractivity contribution >= 4 is 46.8 Å². The number of amides is 2. The number of carbonyl (C=O) groups excluding carboxylic acids is 2. The zero-order valence-corrected chi connectivity index (χ0v) is 23.1. The second-order valence-electron chi connectivity index (χ2n) is 9.74. The van der Waals surface area contributed by atoms with Crippen LogP contribution in [0.2, 0.25) is 10.0 Å². The molecule has 0 bridgehead atoms. The molecule has 2 aromatic carbocycles. The van der Waals surface area contributed by atoms with Crippen molar-refractivity contribution in [2.75, 3.05) is 17.7 Å². The number of hydrogen-bond acceptors (Lipinski definition) is 8. The minimum absolute atomic E-state index is 0.0135. The maximum absolute atomic E-state index is 13.9. The second kappa shape index (κ2) is 11.5. The highest BCUT2D eigenvalue weighted by molar-refractivity contribution is 6.31. The highest BCUT2D eigenvalue weighted by Gasteiger charge is 2.69. The molecular weight excluding hydrogens is 641 g/mol. The molecule has 43 heavy (non-hydrogen) atoms. The van der Waals surface area contributed by atoms with Crippen LogP contribution in [0.3, 0.4) is 0 Å². The van der Waals surface area contributed by atoms with E-state index in [1.807, 2.05) is 0 Å². The van der Waals surface area contributed by atoms with Crippen LogP contribution in [0, 0.1) is 5.92 Å². The number of carbonyl (C=O) groups is 2. The predicted octanol–water partition coefficient (Wildman–Crippen LogP) is 5.42. The Morgan fingerprint density at radius 2 is 1.26 bits per heavy atom. The third-order valence-electron chi connectivity index (χ3n) is 7.00. The third kappa shape index (κ3) is 5.79. The maximum Gasteiger partial charge on any atom is 0.438 e. The first kappa shape index (κ1) is 32.9. The summed E-state index contributed by atoms with van der Waals surface area (Å²) >= 11 is 11.5. The van der Waals surface area contributed by atoms with Gasteiger partial charge in [0.2, 0.25) is 6.29 Å². The number of aliphatic hydroxyl groups is 3. The number of rotatable bonds is 5. The minimum Gasteiger partial charge on any atom is -0.425 e. The van der Waals surface area contributed by atoms with Gasteiger partial charge in [0.15, 0.2) is 0 Å². The summed E-state index contributed by atoms with van der Waals surface area (Å²) in [5, 5.41) is 34.1. The molecular formula is C25H22Cl2F6N2O8. The van der Waals surface area contributed by atoms with Crippen molar-refractivity contribution in [2.24, 2.45) is 5.92 Å². The normalized spacial score (nSPS) is 25.3. The van der Waals surface area contributed by atoms with E-state index in [0.29, 0.717) is 12.8 Å². The molecule has 0 aromatic heterocycles. The quantitative estimate of drug-likeness (QED) is 0.211. The molecule has 10 nitrogen and oxygen atoms in total. The lowest BCUT2D eigenvalue weighted by atomic mass is 9.81. The first-order chi connectivity index (χ1) is 19.9. The fourth-order valence-electron chi connectivity index (χ4n) is 4.77. The van der Waals surface area contributed by atoms with Crippen LogP contribution in [0.4, 0.5) is 47.3 Å². The second-order valence-corrected chi connectivity index (χ2v) is 10.6. The molecule has 3 aliphatic rings.